The minimum atomic E-state index is -3.85. The molecule has 0 saturated carbocycles. The Bertz CT molecular complexity index is 1190. The van der Waals surface area contributed by atoms with Gasteiger partial charge in [-0.25, -0.2) is 12.8 Å². The van der Waals surface area contributed by atoms with Crippen LogP contribution < -0.4 is 5.32 Å². The predicted octanol–water partition coefficient (Wildman–Crippen LogP) is 3.06. The van der Waals surface area contributed by atoms with Gasteiger partial charge in [0.15, 0.2) is 5.76 Å². The van der Waals surface area contributed by atoms with Gasteiger partial charge < -0.3 is 9.84 Å². The number of para-hydroxylation sites is 1. The van der Waals surface area contributed by atoms with Crippen molar-refractivity contribution < 1.29 is 22.1 Å². The Balaban J connectivity index is 1.58. The molecule has 1 N–H and O–H groups in total. The molecule has 0 spiro atoms. The van der Waals surface area contributed by atoms with E-state index in [-0.39, 0.29) is 21.4 Å². The van der Waals surface area contributed by atoms with Crippen LogP contribution in [-0.2, 0) is 10.0 Å². The molecule has 3 aromatic rings. The van der Waals surface area contributed by atoms with Crippen LogP contribution in [0.1, 0.15) is 45.1 Å². The second-order valence-corrected chi connectivity index (χ2v) is 9.64. The van der Waals surface area contributed by atoms with Gasteiger partial charge in [-0.3, -0.25) is 4.79 Å². The van der Waals surface area contributed by atoms with Crippen LogP contribution in [0.25, 0.3) is 0 Å². The van der Waals surface area contributed by atoms with E-state index in [9.17, 15) is 17.6 Å². The fraction of sp³-hybridized carbons (Fsp3) is 0.333. The third-order valence-electron chi connectivity index (χ3n) is 4.78. The molecular weight excluding hydrogens is 433 g/mol. The van der Waals surface area contributed by atoms with Crippen LogP contribution >= 0.6 is 11.3 Å². The van der Waals surface area contributed by atoms with Gasteiger partial charge in [-0.1, -0.05) is 28.6 Å². The summed E-state index contributed by atoms with van der Waals surface area (Å²) in [5.74, 6) is -0.953. The number of anilines is 1. The van der Waals surface area contributed by atoms with E-state index >= 15 is 0 Å². The highest BCUT2D eigenvalue weighted by Crippen LogP contribution is 2.39. The lowest BCUT2D eigenvalue weighted by Crippen LogP contribution is -2.31. The van der Waals surface area contributed by atoms with Crippen molar-refractivity contribution >= 4 is 33.0 Å². The molecule has 158 valence electrons. The summed E-state index contributed by atoms with van der Waals surface area (Å²) in [5, 5.41) is 14.5. The summed E-state index contributed by atoms with van der Waals surface area (Å²) in [6.07, 6.45) is 1.19. The van der Waals surface area contributed by atoms with E-state index in [1.807, 2.05) is 0 Å². The van der Waals surface area contributed by atoms with Crippen LogP contribution in [0.3, 0.4) is 0 Å². The minimum absolute atomic E-state index is 0.0230. The van der Waals surface area contributed by atoms with Crippen molar-refractivity contribution in [3.63, 3.8) is 0 Å². The normalized spacial score (nSPS) is 17.4. The second kappa shape index (κ2) is 7.85. The molecule has 1 aromatic carbocycles. The average Bonchev–Trinajstić information content (AvgIpc) is 3.43. The van der Waals surface area contributed by atoms with Crippen molar-refractivity contribution in [1.29, 1.82) is 0 Å². The summed E-state index contributed by atoms with van der Waals surface area (Å²) in [4.78, 5) is 12.5. The molecule has 0 bridgehead atoms. The lowest BCUT2D eigenvalue weighted by Gasteiger charge is -2.21. The summed E-state index contributed by atoms with van der Waals surface area (Å²) < 4.78 is 46.5. The Morgan fingerprint density at radius 2 is 2.07 bits per heavy atom. The Morgan fingerprint density at radius 1 is 1.30 bits per heavy atom. The number of halogens is 1. The molecule has 1 aliphatic rings. The number of benzene rings is 1. The van der Waals surface area contributed by atoms with Crippen LogP contribution in [0.4, 0.5) is 10.1 Å². The minimum Gasteiger partial charge on any atom is -0.360 e. The number of hydrogen-bond acceptors (Lipinski definition) is 8. The smallest absolute Gasteiger partial charge is 0.286 e. The summed E-state index contributed by atoms with van der Waals surface area (Å²) in [5.41, 5.74) is 0.322. The third kappa shape index (κ3) is 3.61. The first-order valence-corrected chi connectivity index (χ1v) is 11.4. The van der Waals surface area contributed by atoms with Crippen molar-refractivity contribution in [3.8, 4) is 0 Å². The number of aryl methyl sites for hydroxylation is 2. The van der Waals surface area contributed by atoms with Gasteiger partial charge in [-0.15, -0.1) is 10.2 Å². The van der Waals surface area contributed by atoms with Gasteiger partial charge in [-0.2, -0.15) is 4.31 Å². The zero-order chi connectivity index (χ0) is 21.5. The molecule has 4 rings (SSSR count). The quantitative estimate of drug-likeness (QED) is 0.633. The van der Waals surface area contributed by atoms with E-state index in [0.29, 0.717) is 30.1 Å². The number of carbonyl (C=O) groups excluding carboxylic acids is 1. The van der Waals surface area contributed by atoms with E-state index in [1.165, 1.54) is 22.5 Å². The molecule has 1 atom stereocenters. The molecule has 9 nitrogen and oxygen atoms in total. The molecule has 0 radical (unpaired) electrons. The molecule has 30 heavy (non-hydrogen) atoms. The molecular formula is C18H18FN5O4S2. The van der Waals surface area contributed by atoms with Gasteiger partial charge in [0.1, 0.15) is 21.4 Å². The molecule has 3 heterocycles. The maximum Gasteiger partial charge on any atom is 0.286 e. The molecule has 1 amide bonds. The predicted molar refractivity (Wildman–Crippen MR) is 106 cm³/mol. The van der Waals surface area contributed by atoms with E-state index in [1.54, 1.807) is 19.9 Å². The van der Waals surface area contributed by atoms with E-state index < -0.39 is 27.8 Å². The summed E-state index contributed by atoms with van der Waals surface area (Å²) in [6.45, 7) is 3.44. The number of sulfonamides is 1. The number of amides is 1. The molecule has 1 unspecified atom stereocenters. The van der Waals surface area contributed by atoms with Gasteiger partial charge in [0, 0.05) is 6.54 Å². The lowest BCUT2D eigenvalue weighted by atomic mass is 10.2. The summed E-state index contributed by atoms with van der Waals surface area (Å²) in [7, 11) is -3.85. The van der Waals surface area contributed by atoms with Crippen LogP contribution in [0, 0.1) is 19.7 Å². The highest BCUT2D eigenvalue weighted by Gasteiger charge is 2.41. The van der Waals surface area contributed by atoms with Crippen LogP contribution in [0.5, 0.6) is 0 Å². The first-order valence-electron chi connectivity index (χ1n) is 9.13. The van der Waals surface area contributed by atoms with Crippen molar-refractivity contribution in [2.45, 2.75) is 37.6 Å². The largest absolute Gasteiger partial charge is 0.360 e. The molecule has 2 aromatic heterocycles. The Hall–Kier alpha value is -2.70. The standard InChI is InChI=1S/C18H18FN5O4S2/c1-10-15(11(2)28-23-10)30(26,27)24-9-5-8-14(24)17-21-22-18(29-17)16(25)20-13-7-4-3-6-12(13)19/h3-4,6-7,14H,5,8-9H2,1-2H3,(H,20,25). The fourth-order valence-corrected chi connectivity index (χ4v) is 6.34. The topological polar surface area (TPSA) is 118 Å². The number of carbonyl (C=O) groups is 1. The van der Waals surface area contributed by atoms with Gasteiger partial charge in [0.2, 0.25) is 15.0 Å². The van der Waals surface area contributed by atoms with Crippen molar-refractivity contribution in [2.75, 3.05) is 11.9 Å². The zero-order valence-electron chi connectivity index (χ0n) is 16.1. The lowest BCUT2D eigenvalue weighted by molar-refractivity contribution is 0.102. The molecule has 1 fully saturated rings. The van der Waals surface area contributed by atoms with Crippen molar-refractivity contribution in [2.24, 2.45) is 0 Å². The van der Waals surface area contributed by atoms with E-state index in [2.05, 4.69) is 20.7 Å². The van der Waals surface area contributed by atoms with Crippen LogP contribution in [0.2, 0.25) is 0 Å². The molecule has 1 aliphatic heterocycles. The van der Waals surface area contributed by atoms with Gasteiger partial charge in [0.25, 0.3) is 5.91 Å². The van der Waals surface area contributed by atoms with E-state index in [4.69, 9.17) is 4.52 Å². The molecule has 0 aliphatic carbocycles. The zero-order valence-corrected chi connectivity index (χ0v) is 17.8. The number of hydrogen-bond donors (Lipinski definition) is 1. The highest BCUT2D eigenvalue weighted by atomic mass is 32.2. The SMILES string of the molecule is Cc1noc(C)c1S(=O)(=O)N1CCCC1c1nnc(C(=O)Nc2ccccc2F)s1. The van der Waals surface area contributed by atoms with Crippen molar-refractivity contribution in [3.05, 3.63) is 51.6 Å². The third-order valence-corrected chi connectivity index (χ3v) is 7.96. The monoisotopic (exact) mass is 451 g/mol. The Morgan fingerprint density at radius 3 is 2.77 bits per heavy atom. The van der Waals surface area contributed by atoms with Gasteiger partial charge in [0.05, 0.1) is 11.7 Å². The van der Waals surface area contributed by atoms with Crippen LogP contribution in [0.15, 0.2) is 33.7 Å². The fourth-order valence-electron chi connectivity index (χ4n) is 3.43. The highest BCUT2D eigenvalue weighted by molar-refractivity contribution is 7.89. The Kier molecular flexibility index (Phi) is 5.38. The number of rotatable bonds is 5. The first-order chi connectivity index (χ1) is 14.3. The Labute approximate surface area is 176 Å². The van der Waals surface area contributed by atoms with Gasteiger partial charge in [-0.05, 0) is 38.8 Å². The number of nitrogens with zero attached hydrogens (tertiary/aromatic N) is 4. The maximum absolute atomic E-state index is 13.8. The molecule has 1 saturated heterocycles. The average molecular weight is 452 g/mol. The summed E-state index contributed by atoms with van der Waals surface area (Å²) >= 11 is 0.987. The van der Waals surface area contributed by atoms with Crippen LogP contribution in [-0.4, -0.2) is 40.5 Å². The van der Waals surface area contributed by atoms with Gasteiger partial charge >= 0.3 is 0 Å². The maximum atomic E-state index is 13.8. The molecule has 12 heteroatoms. The number of aromatic nitrogens is 3. The first kappa shape index (κ1) is 20.6. The number of nitrogens with one attached hydrogen (secondary N) is 1. The van der Waals surface area contributed by atoms with Crippen molar-refractivity contribution in [1.82, 2.24) is 19.7 Å². The van der Waals surface area contributed by atoms with E-state index in [0.717, 1.165) is 11.3 Å². The summed E-state index contributed by atoms with van der Waals surface area (Å²) in [6, 6.07) is 5.24. The second-order valence-electron chi connectivity index (χ2n) is 6.81.